The van der Waals surface area contributed by atoms with Gasteiger partial charge in [0.2, 0.25) is 5.91 Å². The van der Waals surface area contributed by atoms with Crippen molar-refractivity contribution in [1.82, 2.24) is 0 Å². The third-order valence-corrected chi connectivity index (χ3v) is 1.48. The average molecular weight is 171 g/mol. The fourth-order valence-electron chi connectivity index (χ4n) is 0.781. The number of primary amides is 1. The van der Waals surface area contributed by atoms with Crippen LogP contribution in [0.2, 0.25) is 0 Å². The van der Waals surface area contributed by atoms with Crippen molar-refractivity contribution in [2.24, 2.45) is 5.73 Å². The highest BCUT2D eigenvalue weighted by atomic mass is 16.3. The summed E-state index contributed by atoms with van der Waals surface area (Å²) < 4.78 is 4.64. The van der Waals surface area contributed by atoms with Crippen LogP contribution in [-0.2, 0) is 4.79 Å². The molecule has 1 heterocycles. The number of furan rings is 1. The van der Waals surface area contributed by atoms with Crippen molar-refractivity contribution in [2.45, 2.75) is 12.2 Å². The van der Waals surface area contributed by atoms with Gasteiger partial charge in [0, 0.05) is 5.56 Å². The van der Waals surface area contributed by atoms with E-state index in [4.69, 9.17) is 10.8 Å². The summed E-state index contributed by atoms with van der Waals surface area (Å²) in [4.78, 5) is 10.4. The quantitative estimate of drug-likeness (QED) is 0.552. The van der Waals surface area contributed by atoms with E-state index in [2.05, 4.69) is 4.42 Å². The van der Waals surface area contributed by atoms with Gasteiger partial charge in [0.15, 0.2) is 6.10 Å². The Hall–Kier alpha value is -1.33. The molecule has 0 aliphatic rings. The molecule has 0 aromatic carbocycles. The summed E-state index contributed by atoms with van der Waals surface area (Å²) in [6.45, 7) is 0. The highest BCUT2D eigenvalue weighted by Gasteiger charge is 2.23. The van der Waals surface area contributed by atoms with Crippen LogP contribution in [0, 0.1) is 0 Å². The van der Waals surface area contributed by atoms with Gasteiger partial charge in [0.05, 0.1) is 12.5 Å². The predicted molar refractivity (Wildman–Crippen MR) is 38.9 cm³/mol. The highest BCUT2D eigenvalue weighted by molar-refractivity contribution is 5.79. The van der Waals surface area contributed by atoms with Crippen molar-refractivity contribution >= 4 is 5.91 Å². The smallest absolute Gasteiger partial charge is 0.249 e. The monoisotopic (exact) mass is 171 g/mol. The molecular formula is C7H9NO4. The van der Waals surface area contributed by atoms with Crippen molar-refractivity contribution in [3.63, 3.8) is 0 Å². The molecule has 2 unspecified atom stereocenters. The molecule has 0 saturated carbocycles. The van der Waals surface area contributed by atoms with Crippen molar-refractivity contribution in [3.8, 4) is 0 Å². The van der Waals surface area contributed by atoms with Gasteiger partial charge >= 0.3 is 0 Å². The summed E-state index contributed by atoms with van der Waals surface area (Å²) in [6.07, 6.45) is -0.354. The summed E-state index contributed by atoms with van der Waals surface area (Å²) in [7, 11) is 0. The molecule has 0 aliphatic heterocycles. The Kier molecular flexibility index (Phi) is 2.47. The second-order valence-corrected chi connectivity index (χ2v) is 2.35. The molecule has 1 aromatic rings. The molecule has 66 valence electrons. The Morgan fingerprint density at radius 2 is 2.25 bits per heavy atom. The third-order valence-electron chi connectivity index (χ3n) is 1.48. The van der Waals surface area contributed by atoms with Gasteiger partial charge in [-0.2, -0.15) is 0 Å². The second kappa shape index (κ2) is 3.38. The van der Waals surface area contributed by atoms with Gasteiger partial charge in [-0.3, -0.25) is 4.79 Å². The zero-order valence-corrected chi connectivity index (χ0v) is 6.18. The molecule has 5 nitrogen and oxygen atoms in total. The highest BCUT2D eigenvalue weighted by Crippen LogP contribution is 2.16. The zero-order valence-electron chi connectivity index (χ0n) is 6.18. The van der Waals surface area contributed by atoms with Crippen LogP contribution in [0.25, 0.3) is 0 Å². The maximum absolute atomic E-state index is 10.4. The molecule has 0 spiro atoms. The number of amides is 1. The molecule has 0 fully saturated rings. The Bertz CT molecular complexity index is 256. The number of hydrogen-bond donors (Lipinski definition) is 3. The van der Waals surface area contributed by atoms with E-state index in [0.717, 1.165) is 0 Å². The molecule has 0 saturated heterocycles. The lowest BCUT2D eigenvalue weighted by Crippen LogP contribution is -2.33. The minimum atomic E-state index is -1.59. The van der Waals surface area contributed by atoms with Crippen LogP contribution in [0.15, 0.2) is 23.0 Å². The summed E-state index contributed by atoms with van der Waals surface area (Å²) >= 11 is 0. The minimum Gasteiger partial charge on any atom is -0.472 e. The number of aliphatic hydroxyl groups excluding tert-OH is 2. The van der Waals surface area contributed by atoms with Gasteiger partial charge in [-0.05, 0) is 6.07 Å². The van der Waals surface area contributed by atoms with E-state index in [1.807, 2.05) is 0 Å². The fraction of sp³-hybridized carbons (Fsp3) is 0.286. The SMILES string of the molecule is NC(=O)C(O)C(O)c1ccoc1. The first-order valence-electron chi connectivity index (χ1n) is 3.30. The maximum Gasteiger partial charge on any atom is 0.249 e. The van der Waals surface area contributed by atoms with Gasteiger partial charge < -0.3 is 20.4 Å². The normalized spacial score (nSPS) is 15.5. The predicted octanol–water partition coefficient (Wildman–Crippen LogP) is -0.841. The Morgan fingerprint density at radius 3 is 2.67 bits per heavy atom. The zero-order chi connectivity index (χ0) is 9.14. The average Bonchev–Trinajstić information content (AvgIpc) is 2.53. The Balaban J connectivity index is 2.71. The van der Waals surface area contributed by atoms with E-state index in [0.29, 0.717) is 5.56 Å². The van der Waals surface area contributed by atoms with Gasteiger partial charge in [-0.1, -0.05) is 0 Å². The molecular weight excluding hydrogens is 162 g/mol. The van der Waals surface area contributed by atoms with E-state index < -0.39 is 18.1 Å². The van der Waals surface area contributed by atoms with Crippen molar-refractivity contribution in [2.75, 3.05) is 0 Å². The van der Waals surface area contributed by atoms with E-state index in [-0.39, 0.29) is 0 Å². The lowest BCUT2D eigenvalue weighted by molar-refractivity contribution is -0.131. The Labute approximate surface area is 68.4 Å². The van der Waals surface area contributed by atoms with Gasteiger partial charge in [-0.25, -0.2) is 0 Å². The van der Waals surface area contributed by atoms with Crippen LogP contribution >= 0.6 is 0 Å². The number of rotatable bonds is 3. The lowest BCUT2D eigenvalue weighted by Gasteiger charge is -2.11. The molecule has 4 N–H and O–H groups in total. The first kappa shape index (κ1) is 8.76. The number of carbonyl (C=O) groups excluding carboxylic acids is 1. The third kappa shape index (κ3) is 1.63. The molecule has 0 aliphatic carbocycles. The number of carbonyl (C=O) groups is 1. The van der Waals surface area contributed by atoms with Crippen LogP contribution in [0.4, 0.5) is 0 Å². The molecule has 1 rings (SSSR count). The summed E-state index contributed by atoms with van der Waals surface area (Å²) in [5.74, 6) is -0.969. The van der Waals surface area contributed by atoms with Crippen LogP contribution in [0.1, 0.15) is 11.7 Å². The van der Waals surface area contributed by atoms with Crippen molar-refractivity contribution in [3.05, 3.63) is 24.2 Å². The molecule has 0 bridgehead atoms. The van der Waals surface area contributed by atoms with Gasteiger partial charge in [0.1, 0.15) is 6.10 Å². The topological polar surface area (TPSA) is 96.7 Å². The van der Waals surface area contributed by atoms with E-state index in [1.165, 1.54) is 18.6 Å². The summed E-state index contributed by atoms with van der Waals surface area (Å²) in [5.41, 5.74) is 5.08. The summed E-state index contributed by atoms with van der Waals surface area (Å²) in [6, 6.07) is 1.44. The van der Waals surface area contributed by atoms with Crippen LogP contribution < -0.4 is 5.73 Å². The van der Waals surface area contributed by atoms with Crippen LogP contribution in [0.3, 0.4) is 0 Å². The van der Waals surface area contributed by atoms with Crippen molar-refractivity contribution in [1.29, 1.82) is 0 Å². The standard InChI is InChI=1S/C7H9NO4/c8-7(11)6(10)5(9)4-1-2-12-3-4/h1-3,5-6,9-10H,(H2,8,11). The molecule has 12 heavy (non-hydrogen) atoms. The number of hydrogen-bond acceptors (Lipinski definition) is 4. The second-order valence-electron chi connectivity index (χ2n) is 2.35. The molecule has 2 atom stereocenters. The molecule has 0 radical (unpaired) electrons. The summed E-state index contributed by atoms with van der Waals surface area (Å²) in [5, 5.41) is 18.2. The Morgan fingerprint density at radius 1 is 1.58 bits per heavy atom. The fourth-order valence-corrected chi connectivity index (χ4v) is 0.781. The van der Waals surface area contributed by atoms with Gasteiger partial charge in [-0.15, -0.1) is 0 Å². The molecule has 5 heteroatoms. The molecule has 1 aromatic heterocycles. The van der Waals surface area contributed by atoms with E-state index >= 15 is 0 Å². The van der Waals surface area contributed by atoms with Gasteiger partial charge in [0.25, 0.3) is 0 Å². The van der Waals surface area contributed by atoms with Crippen LogP contribution in [0.5, 0.6) is 0 Å². The number of aliphatic hydroxyl groups is 2. The lowest BCUT2D eigenvalue weighted by atomic mass is 10.1. The van der Waals surface area contributed by atoms with Crippen LogP contribution in [-0.4, -0.2) is 22.2 Å². The number of nitrogens with two attached hydrogens (primary N) is 1. The minimum absolute atomic E-state index is 0.321. The largest absolute Gasteiger partial charge is 0.472 e. The van der Waals surface area contributed by atoms with Crippen molar-refractivity contribution < 1.29 is 19.4 Å². The molecule has 1 amide bonds. The van der Waals surface area contributed by atoms with E-state index in [1.54, 1.807) is 0 Å². The first-order chi connectivity index (χ1) is 5.63. The van der Waals surface area contributed by atoms with E-state index in [9.17, 15) is 9.90 Å². The first-order valence-corrected chi connectivity index (χ1v) is 3.30. The maximum atomic E-state index is 10.4.